The van der Waals surface area contributed by atoms with Crippen molar-refractivity contribution in [3.8, 4) is 0 Å². The van der Waals surface area contributed by atoms with Gasteiger partial charge in [-0.25, -0.2) is 4.63 Å². The minimum absolute atomic E-state index is 0.279. The number of rotatable bonds is 4. The Balaban J connectivity index is 1.48. The smallest absolute Gasteiger partial charge is 0.294 e. The Hall–Kier alpha value is -3.46. The van der Waals surface area contributed by atoms with Crippen LogP contribution in [0, 0.1) is 0 Å². The van der Waals surface area contributed by atoms with Crippen LogP contribution in [0.2, 0.25) is 0 Å². The Bertz CT molecular complexity index is 1080. The lowest BCUT2D eigenvalue weighted by molar-refractivity contribution is -0.127. The molecule has 1 fully saturated rings. The molecular formula is C18H12N4O4S. The molecule has 2 heterocycles. The van der Waals surface area contributed by atoms with E-state index in [0.717, 1.165) is 22.2 Å². The van der Waals surface area contributed by atoms with Crippen molar-refractivity contribution >= 4 is 51.6 Å². The fourth-order valence-electron chi connectivity index (χ4n) is 2.58. The first-order valence-electron chi connectivity index (χ1n) is 7.93. The third-order valence-corrected chi connectivity index (χ3v) is 4.74. The lowest BCUT2D eigenvalue weighted by Crippen LogP contribution is -2.36. The Kier molecular flexibility index (Phi) is 4.43. The topological polar surface area (TPSA) is 105 Å². The zero-order valence-electron chi connectivity index (χ0n) is 13.8. The molecule has 2 aromatic carbocycles. The van der Waals surface area contributed by atoms with E-state index in [4.69, 9.17) is 0 Å². The van der Waals surface area contributed by atoms with Crippen LogP contribution in [0.1, 0.15) is 5.56 Å². The number of hydrogen-bond acceptors (Lipinski definition) is 7. The predicted molar refractivity (Wildman–Crippen MR) is 99.6 cm³/mol. The van der Waals surface area contributed by atoms with Gasteiger partial charge in [0.25, 0.3) is 11.1 Å². The normalized spacial score (nSPS) is 15.7. The number of anilines is 1. The van der Waals surface area contributed by atoms with E-state index in [9.17, 15) is 14.4 Å². The standard InChI is InChI=1S/C18H12N4O4S/c23-15(19-12-7-4-8-13-16(12)21-26-20-13)10-22-17(24)14(27-18(22)25)9-11-5-2-1-3-6-11/h1-9H,10H2,(H,19,23). The van der Waals surface area contributed by atoms with E-state index in [0.29, 0.717) is 16.7 Å². The van der Waals surface area contributed by atoms with E-state index in [2.05, 4.69) is 20.3 Å². The quantitative estimate of drug-likeness (QED) is 0.694. The summed E-state index contributed by atoms with van der Waals surface area (Å²) in [5.41, 5.74) is 2.08. The maximum absolute atomic E-state index is 12.5. The van der Waals surface area contributed by atoms with Gasteiger partial charge in [-0.15, -0.1) is 0 Å². The highest BCUT2D eigenvalue weighted by atomic mass is 32.2. The van der Waals surface area contributed by atoms with Crippen LogP contribution in [-0.2, 0) is 9.59 Å². The van der Waals surface area contributed by atoms with Gasteiger partial charge in [-0.1, -0.05) is 36.4 Å². The molecule has 4 rings (SSSR count). The third-order valence-electron chi connectivity index (χ3n) is 3.83. The van der Waals surface area contributed by atoms with Crippen LogP contribution in [0.3, 0.4) is 0 Å². The number of carbonyl (C=O) groups excluding carboxylic acids is 3. The molecule has 0 atom stereocenters. The molecule has 0 bridgehead atoms. The number of benzene rings is 2. The van der Waals surface area contributed by atoms with Crippen LogP contribution >= 0.6 is 11.8 Å². The van der Waals surface area contributed by atoms with Gasteiger partial charge in [0.05, 0.1) is 10.6 Å². The van der Waals surface area contributed by atoms with Gasteiger partial charge in [0.1, 0.15) is 12.1 Å². The number of fused-ring (bicyclic) bond motifs is 1. The number of carbonyl (C=O) groups is 3. The lowest BCUT2D eigenvalue weighted by atomic mass is 10.2. The highest BCUT2D eigenvalue weighted by molar-refractivity contribution is 8.18. The Morgan fingerprint density at radius 3 is 2.74 bits per heavy atom. The van der Waals surface area contributed by atoms with Gasteiger partial charge in [0, 0.05) is 0 Å². The second-order valence-electron chi connectivity index (χ2n) is 5.66. The minimum Gasteiger partial charge on any atom is -0.322 e. The summed E-state index contributed by atoms with van der Waals surface area (Å²) < 4.78 is 4.64. The molecule has 1 saturated heterocycles. The number of imide groups is 1. The Labute approximate surface area is 157 Å². The zero-order chi connectivity index (χ0) is 18.8. The van der Waals surface area contributed by atoms with Gasteiger partial charge in [0.15, 0.2) is 5.52 Å². The van der Waals surface area contributed by atoms with Crippen LogP contribution in [0.15, 0.2) is 58.1 Å². The van der Waals surface area contributed by atoms with E-state index in [1.165, 1.54) is 0 Å². The monoisotopic (exact) mass is 380 g/mol. The number of hydrogen-bond donors (Lipinski definition) is 1. The highest BCUT2D eigenvalue weighted by Crippen LogP contribution is 2.32. The van der Waals surface area contributed by atoms with Gasteiger partial charge >= 0.3 is 0 Å². The van der Waals surface area contributed by atoms with Crippen molar-refractivity contribution in [2.75, 3.05) is 11.9 Å². The van der Waals surface area contributed by atoms with Gasteiger partial charge in [-0.3, -0.25) is 19.3 Å². The second kappa shape index (κ2) is 7.04. The molecular weight excluding hydrogens is 368 g/mol. The number of aromatic nitrogens is 2. The molecule has 3 amide bonds. The first-order valence-corrected chi connectivity index (χ1v) is 8.75. The largest absolute Gasteiger partial charge is 0.322 e. The summed E-state index contributed by atoms with van der Waals surface area (Å²) in [4.78, 5) is 38.1. The molecule has 0 radical (unpaired) electrons. The van der Waals surface area contributed by atoms with Gasteiger partial charge in [-0.05, 0) is 45.8 Å². The average Bonchev–Trinajstić information content (AvgIpc) is 3.24. The molecule has 1 aliphatic heterocycles. The summed E-state index contributed by atoms with van der Waals surface area (Å²) in [6.45, 7) is -0.390. The van der Waals surface area contributed by atoms with Crippen molar-refractivity contribution in [2.45, 2.75) is 0 Å². The van der Waals surface area contributed by atoms with Crippen molar-refractivity contribution in [2.24, 2.45) is 0 Å². The fourth-order valence-corrected chi connectivity index (χ4v) is 3.42. The third kappa shape index (κ3) is 3.44. The first-order chi connectivity index (χ1) is 13.1. The van der Waals surface area contributed by atoms with Crippen molar-refractivity contribution in [3.05, 3.63) is 59.0 Å². The maximum atomic E-state index is 12.5. The van der Waals surface area contributed by atoms with E-state index >= 15 is 0 Å². The van der Waals surface area contributed by atoms with E-state index < -0.39 is 23.6 Å². The molecule has 0 spiro atoms. The number of nitrogens with one attached hydrogen (secondary N) is 1. The molecule has 27 heavy (non-hydrogen) atoms. The molecule has 0 unspecified atom stereocenters. The number of thioether (sulfide) groups is 1. The second-order valence-corrected chi connectivity index (χ2v) is 6.66. The predicted octanol–water partition coefficient (Wildman–Crippen LogP) is 2.90. The summed E-state index contributed by atoms with van der Waals surface area (Å²) in [7, 11) is 0. The van der Waals surface area contributed by atoms with Gasteiger partial charge in [-0.2, -0.15) is 0 Å². The van der Waals surface area contributed by atoms with Crippen molar-refractivity contribution in [1.29, 1.82) is 0 Å². The maximum Gasteiger partial charge on any atom is 0.294 e. The van der Waals surface area contributed by atoms with Crippen LogP contribution in [-0.4, -0.2) is 38.8 Å². The molecule has 8 nitrogen and oxygen atoms in total. The van der Waals surface area contributed by atoms with Crippen LogP contribution in [0.5, 0.6) is 0 Å². The van der Waals surface area contributed by atoms with Crippen LogP contribution in [0.4, 0.5) is 10.5 Å². The van der Waals surface area contributed by atoms with Gasteiger partial charge in [0.2, 0.25) is 5.91 Å². The van der Waals surface area contributed by atoms with Crippen molar-refractivity contribution in [3.63, 3.8) is 0 Å². The SMILES string of the molecule is O=C(CN1C(=O)SC(=Cc2ccccc2)C1=O)Nc1cccc2nonc12. The van der Waals surface area contributed by atoms with E-state index in [1.807, 2.05) is 30.3 Å². The Morgan fingerprint density at radius 2 is 1.93 bits per heavy atom. The lowest BCUT2D eigenvalue weighted by Gasteiger charge is -2.12. The summed E-state index contributed by atoms with van der Waals surface area (Å²) in [6.07, 6.45) is 1.63. The first kappa shape index (κ1) is 17.0. The van der Waals surface area contributed by atoms with Crippen molar-refractivity contribution in [1.82, 2.24) is 15.2 Å². The number of amides is 3. The average molecular weight is 380 g/mol. The molecule has 134 valence electrons. The summed E-state index contributed by atoms with van der Waals surface area (Å²) in [5.74, 6) is -1.01. The highest BCUT2D eigenvalue weighted by Gasteiger charge is 2.36. The fraction of sp³-hybridized carbons (Fsp3) is 0.0556. The van der Waals surface area contributed by atoms with Crippen LogP contribution < -0.4 is 5.32 Å². The number of nitrogens with zero attached hydrogens (tertiary/aromatic N) is 3. The van der Waals surface area contributed by atoms with Gasteiger partial charge < -0.3 is 5.32 Å². The molecule has 1 N–H and O–H groups in total. The summed E-state index contributed by atoms with van der Waals surface area (Å²) in [6, 6.07) is 14.2. The molecule has 0 saturated carbocycles. The molecule has 3 aromatic rings. The Morgan fingerprint density at radius 1 is 1.11 bits per heavy atom. The van der Waals surface area contributed by atoms with Crippen molar-refractivity contribution < 1.29 is 19.0 Å². The zero-order valence-corrected chi connectivity index (χ0v) is 14.6. The molecule has 9 heteroatoms. The minimum atomic E-state index is -0.520. The summed E-state index contributed by atoms with van der Waals surface area (Å²) in [5, 5.41) is 9.57. The summed E-state index contributed by atoms with van der Waals surface area (Å²) >= 11 is 0.810. The van der Waals surface area contributed by atoms with Crippen LogP contribution in [0.25, 0.3) is 17.1 Å². The molecule has 1 aliphatic rings. The molecule has 0 aliphatic carbocycles. The van der Waals surface area contributed by atoms with E-state index in [1.54, 1.807) is 24.3 Å². The molecule has 1 aromatic heterocycles. The van der Waals surface area contributed by atoms with E-state index in [-0.39, 0.29) is 4.91 Å².